The van der Waals surface area contributed by atoms with Crippen molar-refractivity contribution < 1.29 is 9.26 Å². The van der Waals surface area contributed by atoms with Crippen LogP contribution >= 0.6 is 39.9 Å². The van der Waals surface area contributed by atoms with Gasteiger partial charge in [0.25, 0.3) is 0 Å². The molecule has 8 heteroatoms. The molecule has 2 N–H and O–H groups in total. The van der Waals surface area contributed by atoms with Gasteiger partial charge in [-0.25, -0.2) is 0 Å². The van der Waals surface area contributed by atoms with Crippen LogP contribution in [0.1, 0.15) is 30.9 Å². The Morgan fingerprint density at radius 1 is 1.27 bits per heavy atom. The Morgan fingerprint density at radius 2 is 2.08 bits per heavy atom. The maximum Gasteiger partial charge on any atom is 0.191 e. The molecule has 1 aromatic heterocycles. The van der Waals surface area contributed by atoms with Crippen molar-refractivity contribution in [2.24, 2.45) is 4.99 Å². The summed E-state index contributed by atoms with van der Waals surface area (Å²) < 4.78 is 12.1. The third-order valence-corrected chi connectivity index (χ3v) is 4.22. The number of halogens is 2. The van der Waals surface area contributed by atoms with Crippen LogP contribution in [-0.4, -0.2) is 31.3 Å². The highest BCUT2D eigenvalue weighted by molar-refractivity contribution is 14.0. The van der Waals surface area contributed by atoms with E-state index in [1.807, 2.05) is 24.3 Å². The first-order chi connectivity index (χ1) is 12.2. The lowest BCUT2D eigenvalue weighted by Crippen LogP contribution is -2.39. The van der Waals surface area contributed by atoms with Crippen LogP contribution in [0.15, 0.2) is 38.3 Å². The summed E-state index contributed by atoms with van der Waals surface area (Å²) in [6.45, 7) is 5.98. The average Bonchev–Trinajstić information content (AvgIpc) is 3.03. The average molecular weight is 537 g/mol. The Morgan fingerprint density at radius 3 is 2.73 bits per heavy atom. The summed E-state index contributed by atoms with van der Waals surface area (Å²) >= 11 is 3.43. The van der Waals surface area contributed by atoms with E-state index < -0.39 is 0 Å². The standard InChI is InChI=1S/C18H25BrN4O2.HI/c1-4-16-15(17(5-2)25-23-16)12-22-18(20-3)21-9-10-24-14-8-6-7-13(19)11-14;/h6-8,11H,4-5,9-10,12H2,1-3H3,(H2,20,21,22);1H. The molecule has 0 saturated carbocycles. The van der Waals surface area contributed by atoms with E-state index in [1.165, 1.54) is 0 Å². The van der Waals surface area contributed by atoms with E-state index in [-0.39, 0.29) is 24.0 Å². The van der Waals surface area contributed by atoms with Gasteiger partial charge < -0.3 is 19.9 Å². The Balaban J connectivity index is 0.00000338. The van der Waals surface area contributed by atoms with Gasteiger partial charge in [-0.05, 0) is 24.6 Å². The van der Waals surface area contributed by atoms with Gasteiger partial charge in [0.05, 0.1) is 12.2 Å². The van der Waals surface area contributed by atoms with Gasteiger partial charge in [0.15, 0.2) is 5.96 Å². The molecule has 6 nitrogen and oxygen atoms in total. The summed E-state index contributed by atoms with van der Waals surface area (Å²) in [5.74, 6) is 2.49. The van der Waals surface area contributed by atoms with Crippen LogP contribution in [-0.2, 0) is 19.4 Å². The molecular formula is C18H26BrIN4O2. The second kappa shape index (κ2) is 12.2. The summed E-state index contributed by atoms with van der Waals surface area (Å²) in [7, 11) is 1.75. The number of guanidine groups is 1. The van der Waals surface area contributed by atoms with Crippen molar-refractivity contribution in [3.8, 4) is 5.75 Å². The maximum atomic E-state index is 5.70. The number of aliphatic imine (C=N–C) groups is 1. The molecule has 26 heavy (non-hydrogen) atoms. The minimum atomic E-state index is 0. The fraction of sp³-hybridized carbons (Fsp3) is 0.444. The SMILES string of the molecule is CCc1noc(CC)c1CNC(=NC)NCCOc1cccc(Br)c1.I. The van der Waals surface area contributed by atoms with E-state index in [0.717, 1.165) is 46.0 Å². The zero-order valence-electron chi connectivity index (χ0n) is 15.3. The minimum absolute atomic E-state index is 0. The number of hydrogen-bond donors (Lipinski definition) is 2. The quantitative estimate of drug-likeness (QED) is 0.231. The number of nitrogens with zero attached hydrogens (tertiary/aromatic N) is 2. The lowest BCUT2D eigenvalue weighted by molar-refractivity contribution is 0.321. The third-order valence-electron chi connectivity index (χ3n) is 3.72. The van der Waals surface area contributed by atoms with E-state index >= 15 is 0 Å². The van der Waals surface area contributed by atoms with Crippen molar-refractivity contribution in [1.82, 2.24) is 15.8 Å². The first-order valence-electron chi connectivity index (χ1n) is 8.47. The van der Waals surface area contributed by atoms with Crippen molar-refractivity contribution >= 4 is 45.9 Å². The molecule has 2 aromatic rings. The molecule has 2 rings (SSSR count). The van der Waals surface area contributed by atoms with Crippen LogP contribution < -0.4 is 15.4 Å². The van der Waals surface area contributed by atoms with Crippen LogP contribution in [0.5, 0.6) is 5.75 Å². The van der Waals surface area contributed by atoms with Crippen LogP contribution in [0, 0.1) is 0 Å². The fourth-order valence-corrected chi connectivity index (χ4v) is 2.80. The van der Waals surface area contributed by atoms with Gasteiger partial charge in [-0.1, -0.05) is 41.0 Å². The molecule has 0 spiro atoms. The summed E-state index contributed by atoms with van der Waals surface area (Å²) in [6, 6.07) is 7.79. The first kappa shape index (κ1) is 22.8. The number of rotatable bonds is 8. The number of ether oxygens (including phenoxy) is 1. The molecule has 0 aliphatic heterocycles. The van der Waals surface area contributed by atoms with E-state index in [2.05, 4.69) is 50.6 Å². The summed E-state index contributed by atoms with van der Waals surface area (Å²) in [4.78, 5) is 4.24. The Bertz CT molecular complexity index is 685. The third kappa shape index (κ3) is 6.79. The largest absolute Gasteiger partial charge is 0.492 e. The van der Waals surface area contributed by atoms with E-state index in [1.54, 1.807) is 7.05 Å². The Kier molecular flexibility index (Phi) is 10.6. The van der Waals surface area contributed by atoms with Gasteiger partial charge in [-0.2, -0.15) is 0 Å². The predicted octanol–water partition coefficient (Wildman–Crippen LogP) is 3.92. The Hall–Kier alpha value is -1.29. The molecule has 0 saturated heterocycles. The minimum Gasteiger partial charge on any atom is -0.492 e. The normalized spacial score (nSPS) is 11.0. The number of aryl methyl sites for hydroxylation is 2. The van der Waals surface area contributed by atoms with Crippen LogP contribution in [0.4, 0.5) is 0 Å². The van der Waals surface area contributed by atoms with Gasteiger partial charge in [0, 0.05) is 30.0 Å². The lowest BCUT2D eigenvalue weighted by atomic mass is 10.1. The maximum absolute atomic E-state index is 5.70. The zero-order chi connectivity index (χ0) is 18.1. The van der Waals surface area contributed by atoms with Crippen molar-refractivity contribution in [1.29, 1.82) is 0 Å². The smallest absolute Gasteiger partial charge is 0.191 e. The van der Waals surface area contributed by atoms with Gasteiger partial charge in [-0.15, -0.1) is 24.0 Å². The monoisotopic (exact) mass is 536 g/mol. The summed E-state index contributed by atoms with van der Waals surface area (Å²) in [6.07, 6.45) is 1.68. The summed E-state index contributed by atoms with van der Waals surface area (Å²) in [5.41, 5.74) is 2.12. The molecule has 0 atom stereocenters. The molecular weight excluding hydrogens is 511 g/mol. The van der Waals surface area contributed by atoms with Crippen molar-refractivity contribution in [3.05, 3.63) is 45.8 Å². The summed E-state index contributed by atoms with van der Waals surface area (Å²) in [5, 5.41) is 10.7. The molecule has 0 aliphatic carbocycles. The molecule has 0 radical (unpaired) electrons. The van der Waals surface area contributed by atoms with Crippen LogP contribution in [0.25, 0.3) is 0 Å². The molecule has 0 bridgehead atoms. The van der Waals surface area contributed by atoms with Gasteiger partial charge >= 0.3 is 0 Å². The molecule has 0 amide bonds. The highest BCUT2D eigenvalue weighted by Crippen LogP contribution is 2.17. The second-order valence-corrected chi connectivity index (χ2v) is 6.31. The molecule has 0 aliphatic rings. The second-order valence-electron chi connectivity index (χ2n) is 5.40. The molecule has 0 fully saturated rings. The molecule has 144 valence electrons. The van der Waals surface area contributed by atoms with E-state index in [4.69, 9.17) is 9.26 Å². The van der Waals surface area contributed by atoms with E-state index in [9.17, 15) is 0 Å². The zero-order valence-corrected chi connectivity index (χ0v) is 19.3. The van der Waals surface area contributed by atoms with E-state index in [0.29, 0.717) is 19.7 Å². The highest BCUT2D eigenvalue weighted by atomic mass is 127. The number of hydrogen-bond acceptors (Lipinski definition) is 4. The first-order valence-corrected chi connectivity index (χ1v) is 9.26. The van der Waals surface area contributed by atoms with Crippen molar-refractivity contribution in [2.75, 3.05) is 20.2 Å². The topological polar surface area (TPSA) is 71.7 Å². The Labute approximate surface area is 180 Å². The van der Waals surface area contributed by atoms with Gasteiger partial charge in [0.2, 0.25) is 0 Å². The number of benzene rings is 1. The van der Waals surface area contributed by atoms with Crippen molar-refractivity contribution in [2.45, 2.75) is 33.2 Å². The van der Waals surface area contributed by atoms with Gasteiger partial charge in [-0.3, -0.25) is 4.99 Å². The molecule has 1 heterocycles. The lowest BCUT2D eigenvalue weighted by Gasteiger charge is -2.13. The fourth-order valence-electron chi connectivity index (χ4n) is 2.43. The van der Waals surface area contributed by atoms with Crippen LogP contribution in [0.2, 0.25) is 0 Å². The van der Waals surface area contributed by atoms with Crippen molar-refractivity contribution in [3.63, 3.8) is 0 Å². The predicted molar refractivity (Wildman–Crippen MR) is 119 cm³/mol. The molecule has 1 aromatic carbocycles. The highest BCUT2D eigenvalue weighted by Gasteiger charge is 2.13. The van der Waals surface area contributed by atoms with Crippen LogP contribution in [0.3, 0.4) is 0 Å². The van der Waals surface area contributed by atoms with Gasteiger partial charge in [0.1, 0.15) is 18.1 Å². The number of nitrogens with one attached hydrogen (secondary N) is 2. The number of aromatic nitrogens is 1. The molecule has 0 unspecified atom stereocenters.